The lowest BCUT2D eigenvalue weighted by Gasteiger charge is -2.16. The minimum atomic E-state index is -0.343. The van der Waals surface area contributed by atoms with Gasteiger partial charge in [0.15, 0.2) is 28.6 Å². The predicted molar refractivity (Wildman–Crippen MR) is 118 cm³/mol. The number of nitrogens with one attached hydrogen (secondary N) is 1. The Morgan fingerprint density at radius 2 is 1.83 bits per heavy atom. The number of para-hydroxylation sites is 2. The second-order valence-corrected chi connectivity index (χ2v) is 8.24. The summed E-state index contributed by atoms with van der Waals surface area (Å²) in [5.41, 5.74) is 1.88. The summed E-state index contributed by atoms with van der Waals surface area (Å²) < 4.78 is 13.2. The van der Waals surface area contributed by atoms with E-state index in [0.29, 0.717) is 22.5 Å². The number of anilines is 1. The number of carbonyl (C=O) groups is 1. The summed E-state index contributed by atoms with van der Waals surface area (Å²) >= 11 is 1.35. The van der Waals surface area contributed by atoms with Gasteiger partial charge in [0.2, 0.25) is 5.91 Å². The Bertz CT molecular complexity index is 1020. The lowest BCUT2D eigenvalue weighted by Crippen LogP contribution is -2.23. The van der Waals surface area contributed by atoms with Gasteiger partial charge in [-0.1, -0.05) is 36.0 Å². The third-order valence-electron chi connectivity index (χ3n) is 4.54. The molecule has 1 heterocycles. The zero-order chi connectivity index (χ0) is 21.7. The van der Waals surface area contributed by atoms with E-state index in [0.717, 1.165) is 11.3 Å². The van der Waals surface area contributed by atoms with E-state index in [2.05, 4.69) is 15.5 Å². The van der Waals surface area contributed by atoms with Crippen LogP contribution in [0, 0.1) is 6.92 Å². The second-order valence-electron chi connectivity index (χ2n) is 6.93. The molecule has 8 heteroatoms. The predicted octanol–water partition coefficient (Wildman–Crippen LogP) is 4.39. The smallest absolute Gasteiger partial charge is 0.237 e. The van der Waals surface area contributed by atoms with Gasteiger partial charge in [0.05, 0.1) is 12.4 Å². The Morgan fingerprint density at radius 3 is 2.53 bits per heavy atom. The second kappa shape index (κ2) is 9.67. The third-order valence-corrected chi connectivity index (χ3v) is 5.68. The number of rotatable bonds is 8. The van der Waals surface area contributed by atoms with E-state index >= 15 is 0 Å². The van der Waals surface area contributed by atoms with Crippen LogP contribution in [0.15, 0.2) is 53.7 Å². The summed E-state index contributed by atoms with van der Waals surface area (Å²) in [6.07, 6.45) is -0.343. The van der Waals surface area contributed by atoms with Crippen molar-refractivity contribution in [3.8, 4) is 11.5 Å². The van der Waals surface area contributed by atoms with Crippen molar-refractivity contribution in [1.29, 1.82) is 0 Å². The van der Waals surface area contributed by atoms with Crippen LogP contribution in [0.4, 0.5) is 5.69 Å². The molecule has 7 nitrogen and oxygen atoms in total. The van der Waals surface area contributed by atoms with Crippen molar-refractivity contribution in [3.63, 3.8) is 0 Å². The number of benzene rings is 2. The van der Waals surface area contributed by atoms with Gasteiger partial charge in [0, 0.05) is 12.7 Å². The van der Waals surface area contributed by atoms with E-state index in [1.807, 2.05) is 80.9 Å². The maximum atomic E-state index is 12.6. The lowest BCUT2D eigenvalue weighted by atomic mass is 10.2. The number of hydrogen-bond acceptors (Lipinski definition) is 6. The van der Waals surface area contributed by atoms with Gasteiger partial charge in [-0.05, 0) is 50.6 Å². The Hall–Kier alpha value is -3.00. The zero-order valence-corrected chi connectivity index (χ0v) is 18.6. The van der Waals surface area contributed by atoms with Crippen molar-refractivity contribution in [3.05, 3.63) is 59.9 Å². The van der Waals surface area contributed by atoms with Gasteiger partial charge in [-0.15, -0.1) is 10.2 Å². The molecular formula is C22H26N4O3S. The maximum absolute atomic E-state index is 12.6. The van der Waals surface area contributed by atoms with E-state index in [4.69, 9.17) is 9.47 Å². The molecule has 3 rings (SSSR count). The molecule has 0 saturated carbocycles. The van der Waals surface area contributed by atoms with Crippen LogP contribution in [0.5, 0.6) is 11.5 Å². The summed E-state index contributed by atoms with van der Waals surface area (Å²) in [5.74, 6) is 1.86. The van der Waals surface area contributed by atoms with E-state index in [-0.39, 0.29) is 17.3 Å². The van der Waals surface area contributed by atoms with E-state index < -0.39 is 0 Å². The van der Waals surface area contributed by atoms with Crippen LogP contribution in [0.3, 0.4) is 0 Å². The highest BCUT2D eigenvalue weighted by Gasteiger charge is 2.22. The fourth-order valence-electron chi connectivity index (χ4n) is 2.92. The normalized spacial score (nSPS) is 12.8. The van der Waals surface area contributed by atoms with Crippen LogP contribution in [-0.4, -0.2) is 33.0 Å². The van der Waals surface area contributed by atoms with Crippen molar-refractivity contribution in [2.24, 2.45) is 7.05 Å². The van der Waals surface area contributed by atoms with Crippen LogP contribution >= 0.6 is 11.8 Å². The van der Waals surface area contributed by atoms with Gasteiger partial charge < -0.3 is 19.4 Å². The van der Waals surface area contributed by atoms with Crippen molar-refractivity contribution < 1.29 is 14.3 Å². The topological polar surface area (TPSA) is 78.3 Å². The highest BCUT2D eigenvalue weighted by atomic mass is 32.2. The summed E-state index contributed by atoms with van der Waals surface area (Å²) in [6, 6.07) is 15.2. The van der Waals surface area contributed by atoms with E-state index in [1.54, 1.807) is 7.11 Å². The first kappa shape index (κ1) is 21.7. The van der Waals surface area contributed by atoms with E-state index in [9.17, 15) is 4.79 Å². The molecule has 30 heavy (non-hydrogen) atoms. The largest absolute Gasteiger partial charge is 0.493 e. The Labute approximate surface area is 180 Å². The van der Waals surface area contributed by atoms with Gasteiger partial charge in [-0.25, -0.2) is 0 Å². The fraction of sp³-hybridized carbons (Fsp3) is 0.318. The Balaban J connectivity index is 1.66. The molecule has 2 unspecified atom stereocenters. The number of carbonyl (C=O) groups excluding carboxylic acids is 1. The minimum absolute atomic E-state index is 0.0894. The summed E-state index contributed by atoms with van der Waals surface area (Å²) in [5, 5.41) is 11.8. The summed E-state index contributed by atoms with van der Waals surface area (Å²) in [6.45, 7) is 5.74. The molecule has 158 valence electrons. The molecule has 0 fully saturated rings. The van der Waals surface area contributed by atoms with Gasteiger partial charge >= 0.3 is 0 Å². The SMILES string of the molecule is COc1ccccc1OC(C)c1nnc(SC(C)C(=O)Nc2cccc(C)c2)n1C. The number of methoxy groups -OCH3 is 1. The molecule has 1 amide bonds. The summed E-state index contributed by atoms with van der Waals surface area (Å²) in [4.78, 5) is 12.6. The maximum Gasteiger partial charge on any atom is 0.237 e. The average Bonchev–Trinajstić information content (AvgIpc) is 3.08. The Morgan fingerprint density at radius 1 is 1.10 bits per heavy atom. The monoisotopic (exact) mass is 426 g/mol. The molecule has 0 radical (unpaired) electrons. The first-order valence-electron chi connectivity index (χ1n) is 9.62. The molecule has 3 aromatic rings. The molecular weight excluding hydrogens is 400 g/mol. The molecule has 1 aromatic heterocycles. The first-order chi connectivity index (χ1) is 14.4. The van der Waals surface area contributed by atoms with Gasteiger partial charge in [-0.3, -0.25) is 4.79 Å². The number of aromatic nitrogens is 3. The van der Waals surface area contributed by atoms with Crippen molar-refractivity contribution in [2.45, 2.75) is 37.3 Å². The van der Waals surface area contributed by atoms with Crippen LogP contribution in [0.2, 0.25) is 0 Å². The van der Waals surface area contributed by atoms with Crippen molar-refractivity contribution in [2.75, 3.05) is 12.4 Å². The zero-order valence-electron chi connectivity index (χ0n) is 17.7. The number of ether oxygens (including phenoxy) is 2. The van der Waals surface area contributed by atoms with Crippen LogP contribution in [0.1, 0.15) is 31.3 Å². The van der Waals surface area contributed by atoms with Gasteiger partial charge in [0.1, 0.15) is 0 Å². The van der Waals surface area contributed by atoms with Gasteiger partial charge in [0.25, 0.3) is 0 Å². The molecule has 0 aliphatic heterocycles. The number of amides is 1. The third kappa shape index (κ3) is 5.13. The number of hydrogen-bond donors (Lipinski definition) is 1. The Kier molecular flexibility index (Phi) is 6.99. The lowest BCUT2D eigenvalue weighted by molar-refractivity contribution is -0.115. The van der Waals surface area contributed by atoms with Crippen molar-refractivity contribution >= 4 is 23.4 Å². The molecule has 0 spiro atoms. The molecule has 2 aromatic carbocycles. The summed E-state index contributed by atoms with van der Waals surface area (Å²) in [7, 11) is 3.47. The number of aryl methyl sites for hydroxylation is 1. The van der Waals surface area contributed by atoms with Crippen LogP contribution < -0.4 is 14.8 Å². The molecule has 0 aliphatic rings. The average molecular weight is 427 g/mol. The molecule has 1 N–H and O–H groups in total. The number of thioether (sulfide) groups is 1. The fourth-order valence-corrected chi connectivity index (χ4v) is 3.74. The molecule has 0 bridgehead atoms. The van der Waals surface area contributed by atoms with E-state index in [1.165, 1.54) is 11.8 Å². The highest BCUT2D eigenvalue weighted by molar-refractivity contribution is 8.00. The van der Waals surface area contributed by atoms with Gasteiger partial charge in [-0.2, -0.15) is 0 Å². The standard InChI is InChI=1S/C22H26N4O3S/c1-14-9-8-10-17(13-14)23-21(27)16(3)30-22-25-24-20(26(22)4)15(2)29-19-12-7-6-11-18(19)28-5/h6-13,15-16H,1-5H3,(H,23,27). The molecule has 2 atom stereocenters. The van der Waals surface area contributed by atoms with Crippen LogP contribution in [0.25, 0.3) is 0 Å². The number of nitrogens with zero attached hydrogens (tertiary/aromatic N) is 3. The quantitative estimate of drug-likeness (QED) is 0.538. The minimum Gasteiger partial charge on any atom is -0.493 e. The highest BCUT2D eigenvalue weighted by Crippen LogP contribution is 2.31. The molecule has 0 saturated heterocycles. The van der Waals surface area contributed by atoms with Crippen molar-refractivity contribution in [1.82, 2.24) is 14.8 Å². The molecule has 0 aliphatic carbocycles. The first-order valence-corrected chi connectivity index (χ1v) is 10.5. The van der Waals surface area contributed by atoms with Crippen LogP contribution in [-0.2, 0) is 11.8 Å².